The van der Waals surface area contributed by atoms with Crippen molar-refractivity contribution in [3.05, 3.63) is 84.4 Å². The number of para-hydroxylation sites is 2. The van der Waals surface area contributed by atoms with Crippen molar-refractivity contribution in [2.75, 3.05) is 31.1 Å². The first-order valence-corrected chi connectivity index (χ1v) is 11.1. The third-order valence-corrected chi connectivity index (χ3v) is 7.06. The molecule has 6 heteroatoms. The Kier molecular flexibility index (Phi) is 5.56. The average molecular weight is 409 g/mol. The van der Waals surface area contributed by atoms with E-state index in [0.717, 1.165) is 17.0 Å². The maximum absolute atomic E-state index is 13.0. The molecule has 0 bridgehead atoms. The SMILES string of the molecule is Cc1ccccc1Oc1ccc(S(=O)(=O)N2CCN(c3ccccc3)CC2)cc1. The molecule has 0 saturated carbocycles. The Morgan fingerprint density at radius 3 is 2.03 bits per heavy atom. The lowest BCUT2D eigenvalue weighted by molar-refractivity contribution is 0.385. The maximum atomic E-state index is 13.0. The van der Waals surface area contributed by atoms with E-state index >= 15 is 0 Å². The van der Waals surface area contributed by atoms with Gasteiger partial charge in [-0.1, -0.05) is 36.4 Å². The van der Waals surface area contributed by atoms with Gasteiger partial charge in [0, 0.05) is 31.9 Å². The minimum Gasteiger partial charge on any atom is -0.457 e. The second-order valence-electron chi connectivity index (χ2n) is 7.07. The van der Waals surface area contributed by atoms with E-state index in [1.165, 1.54) is 0 Å². The van der Waals surface area contributed by atoms with E-state index in [9.17, 15) is 8.42 Å². The zero-order chi connectivity index (χ0) is 20.3. The van der Waals surface area contributed by atoms with Crippen molar-refractivity contribution in [2.24, 2.45) is 0 Å². The van der Waals surface area contributed by atoms with Crippen LogP contribution in [0.15, 0.2) is 83.8 Å². The van der Waals surface area contributed by atoms with E-state index in [1.807, 2.05) is 49.4 Å². The van der Waals surface area contributed by atoms with Crippen molar-refractivity contribution in [3.8, 4) is 11.5 Å². The first-order chi connectivity index (χ1) is 14.0. The molecule has 1 aliphatic heterocycles. The third-order valence-electron chi connectivity index (χ3n) is 5.14. The molecule has 1 aliphatic rings. The number of benzene rings is 3. The van der Waals surface area contributed by atoms with Crippen molar-refractivity contribution in [2.45, 2.75) is 11.8 Å². The second kappa shape index (κ2) is 8.27. The molecule has 29 heavy (non-hydrogen) atoms. The molecule has 150 valence electrons. The van der Waals surface area contributed by atoms with Crippen molar-refractivity contribution in [1.82, 2.24) is 4.31 Å². The summed E-state index contributed by atoms with van der Waals surface area (Å²) in [5.74, 6) is 1.38. The summed E-state index contributed by atoms with van der Waals surface area (Å²) in [6.45, 7) is 4.27. The van der Waals surface area contributed by atoms with Crippen molar-refractivity contribution in [1.29, 1.82) is 0 Å². The van der Waals surface area contributed by atoms with Gasteiger partial charge < -0.3 is 9.64 Å². The first-order valence-electron chi connectivity index (χ1n) is 9.68. The molecule has 5 nitrogen and oxygen atoms in total. The minimum absolute atomic E-state index is 0.294. The van der Waals surface area contributed by atoms with E-state index in [2.05, 4.69) is 17.0 Å². The Labute approximate surface area is 172 Å². The summed E-state index contributed by atoms with van der Waals surface area (Å²) >= 11 is 0. The van der Waals surface area contributed by atoms with Gasteiger partial charge in [0.05, 0.1) is 4.90 Å². The summed E-state index contributed by atoms with van der Waals surface area (Å²) in [6, 6.07) is 24.5. The van der Waals surface area contributed by atoms with Gasteiger partial charge in [0.1, 0.15) is 11.5 Å². The van der Waals surface area contributed by atoms with E-state index < -0.39 is 10.0 Å². The highest BCUT2D eigenvalue weighted by molar-refractivity contribution is 7.89. The highest BCUT2D eigenvalue weighted by Crippen LogP contribution is 2.27. The van der Waals surface area contributed by atoms with Gasteiger partial charge in [-0.05, 0) is 55.0 Å². The maximum Gasteiger partial charge on any atom is 0.243 e. The molecule has 0 aliphatic carbocycles. The molecule has 0 spiro atoms. The highest BCUT2D eigenvalue weighted by Gasteiger charge is 2.28. The lowest BCUT2D eigenvalue weighted by Gasteiger charge is -2.35. The summed E-state index contributed by atoms with van der Waals surface area (Å²) < 4.78 is 33.5. The minimum atomic E-state index is -3.51. The average Bonchev–Trinajstić information content (AvgIpc) is 2.76. The zero-order valence-corrected chi connectivity index (χ0v) is 17.2. The largest absolute Gasteiger partial charge is 0.457 e. The molecule has 4 rings (SSSR count). The number of hydrogen-bond acceptors (Lipinski definition) is 4. The number of rotatable bonds is 5. The molecule has 1 fully saturated rings. The third kappa shape index (κ3) is 4.28. The van der Waals surface area contributed by atoms with Gasteiger partial charge in [-0.2, -0.15) is 4.31 Å². The van der Waals surface area contributed by atoms with Crippen LogP contribution >= 0.6 is 0 Å². The van der Waals surface area contributed by atoms with E-state index in [4.69, 9.17) is 4.74 Å². The molecule has 3 aromatic rings. The van der Waals surface area contributed by atoms with Gasteiger partial charge in [0.15, 0.2) is 0 Å². The summed E-state index contributed by atoms with van der Waals surface area (Å²) in [7, 11) is -3.51. The molecule has 0 N–H and O–H groups in total. The van der Waals surface area contributed by atoms with Gasteiger partial charge in [-0.15, -0.1) is 0 Å². The van der Waals surface area contributed by atoms with Gasteiger partial charge >= 0.3 is 0 Å². The summed E-state index contributed by atoms with van der Waals surface area (Å²) in [4.78, 5) is 2.51. The van der Waals surface area contributed by atoms with Crippen LogP contribution in [0.4, 0.5) is 5.69 Å². The van der Waals surface area contributed by atoms with E-state index in [0.29, 0.717) is 36.8 Å². The lowest BCUT2D eigenvalue weighted by atomic mass is 10.2. The van der Waals surface area contributed by atoms with E-state index in [1.54, 1.807) is 28.6 Å². The van der Waals surface area contributed by atoms with Crippen LogP contribution in [0.3, 0.4) is 0 Å². The molecular formula is C23H24N2O3S. The second-order valence-corrected chi connectivity index (χ2v) is 9.00. The molecule has 1 saturated heterocycles. The van der Waals surface area contributed by atoms with E-state index in [-0.39, 0.29) is 0 Å². The molecule has 0 atom stereocenters. The molecule has 0 unspecified atom stereocenters. The van der Waals surface area contributed by atoms with Gasteiger partial charge in [-0.25, -0.2) is 8.42 Å². The van der Waals surface area contributed by atoms with Crippen LogP contribution in [-0.4, -0.2) is 38.9 Å². The predicted octanol–water partition coefficient (Wildman–Crippen LogP) is 4.30. The fraction of sp³-hybridized carbons (Fsp3) is 0.217. The monoisotopic (exact) mass is 408 g/mol. The Morgan fingerprint density at radius 1 is 0.759 bits per heavy atom. The van der Waals surface area contributed by atoms with Crippen LogP contribution in [-0.2, 0) is 10.0 Å². The molecule has 3 aromatic carbocycles. The first kappa shape index (κ1) is 19.5. The molecule has 0 aromatic heterocycles. The number of aryl methyl sites for hydroxylation is 1. The Morgan fingerprint density at radius 2 is 1.38 bits per heavy atom. The van der Waals surface area contributed by atoms with Crippen LogP contribution in [0.1, 0.15) is 5.56 Å². The highest BCUT2D eigenvalue weighted by atomic mass is 32.2. The van der Waals surface area contributed by atoms with Gasteiger partial charge in [-0.3, -0.25) is 0 Å². The quantitative estimate of drug-likeness (QED) is 0.632. The smallest absolute Gasteiger partial charge is 0.243 e. The lowest BCUT2D eigenvalue weighted by Crippen LogP contribution is -2.48. The number of sulfonamides is 1. The van der Waals surface area contributed by atoms with Crippen molar-refractivity contribution in [3.63, 3.8) is 0 Å². The Hall–Kier alpha value is -2.83. The molecular weight excluding hydrogens is 384 g/mol. The van der Waals surface area contributed by atoms with Gasteiger partial charge in [0.2, 0.25) is 10.0 Å². The number of hydrogen-bond donors (Lipinski definition) is 0. The van der Waals surface area contributed by atoms with Crippen LogP contribution in [0.5, 0.6) is 11.5 Å². The van der Waals surface area contributed by atoms with Gasteiger partial charge in [0.25, 0.3) is 0 Å². The summed E-state index contributed by atoms with van der Waals surface area (Å²) in [5, 5.41) is 0. The number of nitrogens with zero attached hydrogens (tertiary/aromatic N) is 2. The fourth-order valence-corrected chi connectivity index (χ4v) is 4.87. The van der Waals surface area contributed by atoms with Crippen LogP contribution in [0.25, 0.3) is 0 Å². The van der Waals surface area contributed by atoms with Crippen molar-refractivity contribution >= 4 is 15.7 Å². The van der Waals surface area contributed by atoms with Crippen LogP contribution in [0.2, 0.25) is 0 Å². The molecule has 1 heterocycles. The number of piperazine rings is 1. The summed E-state index contributed by atoms with van der Waals surface area (Å²) in [6.07, 6.45) is 0. The normalized spacial score (nSPS) is 15.3. The number of ether oxygens (including phenoxy) is 1. The molecule has 0 amide bonds. The number of anilines is 1. The molecule has 0 radical (unpaired) electrons. The zero-order valence-electron chi connectivity index (χ0n) is 16.4. The fourth-order valence-electron chi connectivity index (χ4n) is 3.45. The van der Waals surface area contributed by atoms with Crippen molar-refractivity contribution < 1.29 is 13.2 Å². The Balaban J connectivity index is 1.43. The summed E-state index contributed by atoms with van der Waals surface area (Å²) in [5.41, 5.74) is 2.16. The predicted molar refractivity (Wildman–Crippen MR) is 115 cm³/mol. The Bertz CT molecular complexity index is 1060. The standard InChI is InChI=1S/C23H24N2O3S/c1-19-7-5-6-10-23(19)28-21-11-13-22(14-12-21)29(26,27)25-17-15-24(16-18-25)20-8-3-2-4-9-20/h2-14H,15-18H2,1H3. The van der Waals surface area contributed by atoms with Crippen LogP contribution in [0, 0.1) is 6.92 Å². The van der Waals surface area contributed by atoms with Crippen LogP contribution < -0.4 is 9.64 Å². The topological polar surface area (TPSA) is 49.9 Å².